The van der Waals surface area contributed by atoms with Crippen molar-refractivity contribution in [2.75, 3.05) is 7.11 Å². The lowest BCUT2D eigenvalue weighted by molar-refractivity contribution is 0.399. The largest absolute Gasteiger partial charge is 0.479 e. The molecule has 0 bridgehead atoms. The molecule has 0 atom stereocenters. The molecule has 2 heterocycles. The third-order valence-electron chi connectivity index (χ3n) is 1.56. The summed E-state index contributed by atoms with van der Waals surface area (Å²) in [6, 6.07) is 1.86. The van der Waals surface area contributed by atoms with E-state index in [9.17, 15) is 0 Å². The molecule has 6 heteroatoms. The van der Waals surface area contributed by atoms with Crippen LogP contribution in [0.1, 0.15) is 0 Å². The van der Waals surface area contributed by atoms with Gasteiger partial charge in [0.2, 0.25) is 11.2 Å². The summed E-state index contributed by atoms with van der Waals surface area (Å²) in [4.78, 5) is 3.92. The summed E-state index contributed by atoms with van der Waals surface area (Å²) in [5, 5.41) is 4.13. The number of hydrogen-bond donors (Lipinski definition) is 0. The van der Waals surface area contributed by atoms with Gasteiger partial charge < -0.3 is 4.74 Å². The minimum atomic E-state index is 0.160. The Kier molecular flexibility index (Phi) is 2.13. The van der Waals surface area contributed by atoms with Gasteiger partial charge in [-0.1, -0.05) is 0 Å². The van der Waals surface area contributed by atoms with Crippen molar-refractivity contribution in [1.82, 2.24) is 14.6 Å². The minimum absolute atomic E-state index is 0.160. The van der Waals surface area contributed by atoms with Crippen molar-refractivity contribution in [3.63, 3.8) is 0 Å². The zero-order valence-corrected chi connectivity index (χ0v) is 9.00. The summed E-state index contributed by atoms with van der Waals surface area (Å²) in [6.07, 6.45) is 1.78. The maximum atomic E-state index is 5.67. The summed E-state index contributed by atoms with van der Waals surface area (Å²) in [7, 11) is 1.54. The molecular weight excluding hydrogens is 257 g/mol. The number of aromatic nitrogens is 3. The molecule has 2 rings (SSSR count). The monoisotopic (exact) mass is 261 g/mol. The molecule has 0 amide bonds. The van der Waals surface area contributed by atoms with Crippen LogP contribution in [0.15, 0.2) is 16.7 Å². The summed E-state index contributed by atoms with van der Waals surface area (Å²) in [6.45, 7) is 0. The van der Waals surface area contributed by atoms with Crippen molar-refractivity contribution >= 4 is 33.0 Å². The highest BCUT2D eigenvalue weighted by molar-refractivity contribution is 9.10. The highest BCUT2D eigenvalue weighted by Crippen LogP contribution is 2.22. The fourth-order valence-electron chi connectivity index (χ4n) is 1.07. The average molecular weight is 262 g/mol. The second-order valence-electron chi connectivity index (χ2n) is 2.38. The van der Waals surface area contributed by atoms with Gasteiger partial charge in [-0.2, -0.15) is 4.98 Å². The molecule has 2 aromatic heterocycles. The molecular formula is C7H5BrClN3O. The van der Waals surface area contributed by atoms with Crippen molar-refractivity contribution < 1.29 is 4.74 Å². The maximum absolute atomic E-state index is 5.67. The molecule has 68 valence electrons. The van der Waals surface area contributed by atoms with Crippen LogP contribution in [-0.4, -0.2) is 21.7 Å². The zero-order valence-electron chi connectivity index (χ0n) is 6.66. The Balaban J connectivity index is 2.80. The summed E-state index contributed by atoms with van der Waals surface area (Å²) in [5.74, 6) is 0.464. The first-order valence-corrected chi connectivity index (χ1v) is 4.63. The number of halogens is 2. The number of ether oxygens (including phenoxy) is 1. The van der Waals surface area contributed by atoms with Gasteiger partial charge in [0.1, 0.15) is 5.52 Å². The number of fused-ring (bicyclic) bond motifs is 1. The van der Waals surface area contributed by atoms with Gasteiger partial charge in [0.15, 0.2) is 0 Å². The lowest BCUT2D eigenvalue weighted by atomic mass is 10.5. The maximum Gasteiger partial charge on any atom is 0.244 e. The molecule has 2 aromatic rings. The van der Waals surface area contributed by atoms with Gasteiger partial charge in [-0.15, -0.1) is 5.10 Å². The van der Waals surface area contributed by atoms with Crippen molar-refractivity contribution in [2.45, 2.75) is 0 Å². The van der Waals surface area contributed by atoms with Gasteiger partial charge in [-0.3, -0.25) is 0 Å². The van der Waals surface area contributed by atoms with Crippen LogP contribution in [-0.2, 0) is 0 Å². The first kappa shape index (κ1) is 8.77. The van der Waals surface area contributed by atoms with E-state index in [1.807, 2.05) is 6.07 Å². The Labute approximate surface area is 87.6 Å². The van der Waals surface area contributed by atoms with Gasteiger partial charge in [-0.25, -0.2) is 4.52 Å². The Morgan fingerprint density at radius 1 is 1.62 bits per heavy atom. The van der Waals surface area contributed by atoms with E-state index in [1.54, 1.807) is 17.8 Å². The molecule has 4 nitrogen and oxygen atoms in total. The van der Waals surface area contributed by atoms with Crippen molar-refractivity contribution in [3.05, 3.63) is 22.0 Å². The second kappa shape index (κ2) is 3.16. The topological polar surface area (TPSA) is 39.4 Å². The molecule has 0 aromatic carbocycles. The standard InChI is InChI=1S/C7H5BrClN3O/c1-13-6-5-2-4(8)3-12(5)11-7(9)10-6/h2-3H,1H3. The molecule has 0 N–H and O–H groups in total. The van der Waals surface area contributed by atoms with Crippen LogP contribution in [0.2, 0.25) is 5.28 Å². The van der Waals surface area contributed by atoms with Gasteiger partial charge in [0, 0.05) is 10.7 Å². The molecule has 0 aliphatic carbocycles. The summed E-state index contributed by atoms with van der Waals surface area (Å²) in [5.41, 5.74) is 0.777. The van der Waals surface area contributed by atoms with Gasteiger partial charge in [-0.05, 0) is 33.6 Å². The second-order valence-corrected chi connectivity index (χ2v) is 3.63. The Hall–Kier alpha value is -0.810. The molecule has 0 spiro atoms. The van der Waals surface area contributed by atoms with E-state index in [4.69, 9.17) is 16.3 Å². The van der Waals surface area contributed by atoms with Gasteiger partial charge >= 0.3 is 0 Å². The van der Waals surface area contributed by atoms with Gasteiger partial charge in [0.05, 0.1) is 7.11 Å². The third kappa shape index (κ3) is 1.49. The Bertz CT molecular complexity index is 456. The fraction of sp³-hybridized carbons (Fsp3) is 0.143. The van der Waals surface area contributed by atoms with Crippen molar-refractivity contribution in [1.29, 1.82) is 0 Å². The molecule has 0 saturated carbocycles. The van der Waals surface area contributed by atoms with Crippen LogP contribution in [0.5, 0.6) is 5.88 Å². The van der Waals surface area contributed by atoms with Crippen LogP contribution < -0.4 is 4.74 Å². The predicted molar refractivity (Wildman–Crippen MR) is 52.2 cm³/mol. The molecule has 0 unspecified atom stereocenters. The number of rotatable bonds is 1. The summed E-state index contributed by atoms with van der Waals surface area (Å²) < 4.78 is 7.56. The van der Waals surface area contributed by atoms with E-state index in [2.05, 4.69) is 26.0 Å². The third-order valence-corrected chi connectivity index (χ3v) is 2.16. The van der Waals surface area contributed by atoms with Gasteiger partial charge in [0.25, 0.3) is 0 Å². The first-order valence-electron chi connectivity index (χ1n) is 3.46. The quantitative estimate of drug-likeness (QED) is 0.790. The van der Waals surface area contributed by atoms with E-state index < -0.39 is 0 Å². The van der Waals surface area contributed by atoms with Crippen molar-refractivity contribution in [2.24, 2.45) is 0 Å². The molecule has 0 aliphatic rings. The van der Waals surface area contributed by atoms with Crippen molar-refractivity contribution in [3.8, 4) is 5.88 Å². The average Bonchev–Trinajstić information content (AvgIpc) is 2.43. The van der Waals surface area contributed by atoms with Crippen LogP contribution in [0, 0.1) is 0 Å². The van der Waals surface area contributed by atoms with Crippen LogP contribution in [0.25, 0.3) is 5.52 Å². The zero-order chi connectivity index (χ0) is 9.42. The van der Waals surface area contributed by atoms with E-state index >= 15 is 0 Å². The highest BCUT2D eigenvalue weighted by Gasteiger charge is 2.07. The highest BCUT2D eigenvalue weighted by atomic mass is 79.9. The number of hydrogen-bond acceptors (Lipinski definition) is 3. The SMILES string of the molecule is COc1nc(Cl)nn2cc(Br)cc12. The normalized spacial score (nSPS) is 10.7. The van der Waals surface area contributed by atoms with E-state index in [0.717, 1.165) is 9.99 Å². The molecule has 0 aliphatic heterocycles. The first-order chi connectivity index (χ1) is 6.20. The van der Waals surface area contributed by atoms with Crippen LogP contribution in [0.3, 0.4) is 0 Å². The minimum Gasteiger partial charge on any atom is -0.479 e. The molecule has 13 heavy (non-hydrogen) atoms. The van der Waals surface area contributed by atoms with E-state index in [-0.39, 0.29) is 5.28 Å². The smallest absolute Gasteiger partial charge is 0.244 e. The Morgan fingerprint density at radius 2 is 2.38 bits per heavy atom. The molecule has 0 fully saturated rings. The summed E-state index contributed by atoms with van der Waals surface area (Å²) >= 11 is 9.00. The van der Waals surface area contributed by atoms with Crippen LogP contribution >= 0.6 is 27.5 Å². The fourth-order valence-corrected chi connectivity index (χ4v) is 1.63. The lowest BCUT2D eigenvalue weighted by Crippen LogP contribution is -1.97. The lowest BCUT2D eigenvalue weighted by Gasteiger charge is -2.00. The van der Waals surface area contributed by atoms with E-state index in [0.29, 0.717) is 5.88 Å². The number of nitrogens with zero attached hydrogens (tertiary/aromatic N) is 3. The Morgan fingerprint density at radius 3 is 3.08 bits per heavy atom. The van der Waals surface area contributed by atoms with Crippen LogP contribution in [0.4, 0.5) is 0 Å². The molecule has 0 radical (unpaired) electrons. The van der Waals surface area contributed by atoms with E-state index in [1.165, 1.54) is 0 Å². The number of methoxy groups -OCH3 is 1. The molecule has 0 saturated heterocycles. The predicted octanol–water partition coefficient (Wildman–Crippen LogP) is 2.15.